The molecule has 0 amide bonds. The van der Waals surface area contributed by atoms with Gasteiger partial charge >= 0.3 is 80.6 Å². The Morgan fingerprint density at radius 1 is 1.00 bits per heavy atom. The third-order valence-electron chi connectivity index (χ3n) is 1.98. The van der Waals surface area contributed by atoms with E-state index in [1.165, 1.54) is 26.2 Å². The molecule has 1 heterocycles. The maximum absolute atomic E-state index is 3.40. The summed E-state index contributed by atoms with van der Waals surface area (Å²) in [6.07, 6.45) is 0. The molecule has 0 radical (unpaired) electrons. The van der Waals surface area contributed by atoms with Crippen LogP contribution < -0.4 is 30.1 Å². The average molecular weight is 261 g/mol. The quantitative estimate of drug-likeness (QED) is 0.437. The summed E-state index contributed by atoms with van der Waals surface area (Å²) in [5.74, 6) is 0. The van der Waals surface area contributed by atoms with Crippen LogP contribution in [0.1, 0.15) is 0 Å². The van der Waals surface area contributed by atoms with Gasteiger partial charge in [-0.25, -0.2) is 0 Å². The van der Waals surface area contributed by atoms with Gasteiger partial charge in [0.2, 0.25) is 0 Å². The van der Waals surface area contributed by atoms with Crippen LogP contribution in [0.2, 0.25) is 0 Å². The third kappa shape index (κ3) is 8.19. The van der Waals surface area contributed by atoms with Crippen LogP contribution in [0.25, 0.3) is 0 Å². The Morgan fingerprint density at radius 2 is 1.62 bits per heavy atom. The molecule has 0 bridgehead atoms. The van der Waals surface area contributed by atoms with Gasteiger partial charge in [-0.1, -0.05) is 0 Å². The van der Waals surface area contributed by atoms with Crippen molar-refractivity contribution < 1.29 is 45.5 Å². The van der Waals surface area contributed by atoms with Gasteiger partial charge in [-0.15, -0.1) is 0 Å². The van der Waals surface area contributed by atoms with E-state index in [-0.39, 0.29) is 24.8 Å². The number of hydrogen-bond acceptors (Lipinski definition) is 3. The summed E-state index contributed by atoms with van der Waals surface area (Å²) in [7, 11) is 2.18. The second-order valence-corrected chi connectivity index (χ2v) is 4.03. The van der Waals surface area contributed by atoms with Gasteiger partial charge in [0, 0.05) is 0 Å². The van der Waals surface area contributed by atoms with E-state index in [0.717, 1.165) is 13.1 Å². The Kier molecular flexibility index (Phi) is 12.4. The first kappa shape index (κ1) is 16.6. The minimum atomic E-state index is 0. The van der Waals surface area contributed by atoms with Crippen LogP contribution in [0.4, 0.5) is 0 Å². The number of halogens is 2. The zero-order chi connectivity index (χ0) is 8.10. The van der Waals surface area contributed by atoms with Crippen LogP contribution in [0.5, 0.6) is 0 Å². The van der Waals surface area contributed by atoms with Crippen molar-refractivity contribution in [3.05, 3.63) is 0 Å². The van der Waals surface area contributed by atoms with Gasteiger partial charge in [-0.05, 0) is 0 Å². The monoisotopic (exact) mass is 260 g/mol. The molecule has 0 atom stereocenters. The molecule has 1 saturated heterocycles. The second-order valence-electron chi connectivity index (χ2n) is 3.04. The molecular weight excluding hydrogens is 245 g/mol. The van der Waals surface area contributed by atoms with E-state index in [2.05, 4.69) is 41.3 Å². The van der Waals surface area contributed by atoms with E-state index in [1.54, 1.807) is 0 Å². The summed E-state index contributed by atoms with van der Waals surface area (Å²) in [5, 5.41) is 3.40. The molecule has 1 rings (SSSR count). The van der Waals surface area contributed by atoms with E-state index < -0.39 is 0 Å². The molecule has 3 nitrogen and oxygen atoms in total. The molecule has 0 aromatic rings. The smallest absolute Gasteiger partial charge is 1.00 e. The van der Waals surface area contributed by atoms with Crippen LogP contribution in [-0.2, 0) is 20.7 Å². The van der Waals surface area contributed by atoms with Crippen LogP contribution >= 0.6 is 0 Å². The van der Waals surface area contributed by atoms with Crippen molar-refractivity contribution in [1.82, 2.24) is 13.6 Å². The van der Waals surface area contributed by atoms with E-state index in [4.69, 9.17) is 0 Å². The largest absolute Gasteiger partial charge is 1.00 e. The summed E-state index contributed by atoms with van der Waals surface area (Å²) < 4.78 is 2.37. The molecule has 0 aromatic carbocycles. The second kappa shape index (κ2) is 9.72. The molecule has 0 unspecified atom stereocenters. The standard InChI is InChI=1S/C7H16N3.2ClH.Ti/c1-10-6-4-8-2-3-9-5-7-10;;;/h8H,2-7H2,1H3;2*1H;/q-1;;;+3/p-2. The summed E-state index contributed by atoms with van der Waals surface area (Å²) in [4.78, 5) is 2.37. The van der Waals surface area contributed by atoms with Crippen molar-refractivity contribution in [3.8, 4) is 0 Å². The maximum atomic E-state index is 3.40. The maximum Gasteiger partial charge on any atom is -1.00 e. The zero-order valence-electron chi connectivity index (χ0n) is 7.89. The topological polar surface area (TPSA) is 18.5 Å². The summed E-state index contributed by atoms with van der Waals surface area (Å²) in [6.45, 7) is 6.99. The van der Waals surface area contributed by atoms with E-state index in [0.29, 0.717) is 0 Å². The SMILES string of the molecule is CN1CCNCC[N]([Ti+2])CC1.[Cl-].[Cl-]. The summed E-state index contributed by atoms with van der Waals surface area (Å²) in [6, 6.07) is 0. The first-order valence-corrected chi connectivity index (χ1v) is 4.84. The Balaban J connectivity index is 0. The van der Waals surface area contributed by atoms with Gasteiger partial charge in [0.25, 0.3) is 0 Å². The van der Waals surface area contributed by atoms with Gasteiger partial charge < -0.3 is 24.8 Å². The molecule has 0 aromatic heterocycles. The van der Waals surface area contributed by atoms with Crippen LogP contribution in [0.15, 0.2) is 0 Å². The molecule has 1 aliphatic heterocycles. The van der Waals surface area contributed by atoms with Crippen molar-refractivity contribution in [3.63, 3.8) is 0 Å². The first-order chi connectivity index (χ1) is 5.29. The molecule has 77 valence electrons. The van der Waals surface area contributed by atoms with E-state index >= 15 is 0 Å². The Labute approximate surface area is 105 Å². The van der Waals surface area contributed by atoms with Crippen LogP contribution in [0, 0.1) is 0 Å². The number of rotatable bonds is 0. The van der Waals surface area contributed by atoms with Gasteiger partial charge in [-0.3, -0.25) is 0 Å². The molecule has 0 aliphatic carbocycles. The molecule has 0 spiro atoms. The van der Waals surface area contributed by atoms with Crippen molar-refractivity contribution in [1.29, 1.82) is 0 Å². The number of nitrogens with zero attached hydrogens (tertiary/aromatic N) is 2. The zero-order valence-corrected chi connectivity index (χ0v) is 11.0. The molecule has 1 aliphatic rings. The summed E-state index contributed by atoms with van der Waals surface area (Å²) >= 11 is 2.18. The number of likely N-dealkylation sites (N-methyl/N-ethyl adjacent to an activating group) is 1. The van der Waals surface area contributed by atoms with Gasteiger partial charge in [0.15, 0.2) is 0 Å². The van der Waals surface area contributed by atoms with Gasteiger partial charge in [0.05, 0.1) is 0 Å². The predicted octanol–water partition coefficient (Wildman–Crippen LogP) is -6.71. The third-order valence-corrected chi connectivity index (χ3v) is 2.68. The van der Waals surface area contributed by atoms with Gasteiger partial charge in [0.1, 0.15) is 0 Å². The Bertz CT molecular complexity index is 106. The average Bonchev–Trinajstić information content (AvgIpc) is 2.06. The molecular formula is C7H16Cl2N3Ti. The fourth-order valence-electron chi connectivity index (χ4n) is 1.12. The van der Waals surface area contributed by atoms with Crippen LogP contribution in [0.3, 0.4) is 0 Å². The molecule has 0 saturated carbocycles. The number of nitrogens with one attached hydrogen (secondary N) is 1. The predicted molar refractivity (Wildman–Crippen MR) is 41.9 cm³/mol. The van der Waals surface area contributed by atoms with Crippen molar-refractivity contribution in [2.24, 2.45) is 0 Å². The van der Waals surface area contributed by atoms with E-state index in [9.17, 15) is 0 Å². The normalized spacial score (nSPS) is 21.8. The van der Waals surface area contributed by atoms with Crippen molar-refractivity contribution in [2.75, 3.05) is 46.3 Å². The van der Waals surface area contributed by atoms with E-state index in [1.807, 2.05) is 0 Å². The first-order valence-electron chi connectivity index (χ1n) is 4.14. The Morgan fingerprint density at radius 3 is 2.31 bits per heavy atom. The minimum absolute atomic E-state index is 0. The van der Waals surface area contributed by atoms with Crippen LogP contribution in [-0.4, -0.2) is 54.6 Å². The van der Waals surface area contributed by atoms with Crippen molar-refractivity contribution in [2.45, 2.75) is 0 Å². The minimum Gasteiger partial charge on any atom is -1.00 e. The fourth-order valence-corrected chi connectivity index (χ4v) is 1.45. The van der Waals surface area contributed by atoms with Gasteiger partial charge in [-0.2, -0.15) is 0 Å². The number of hydrogen-bond donors (Lipinski definition) is 1. The summed E-state index contributed by atoms with van der Waals surface area (Å²) in [5.41, 5.74) is 0. The van der Waals surface area contributed by atoms with Crippen molar-refractivity contribution >= 4 is 0 Å². The Hall–Kier alpha value is 1.17. The molecule has 1 N–H and O–H groups in total. The molecule has 6 heteroatoms. The molecule has 1 fully saturated rings. The molecule has 13 heavy (non-hydrogen) atoms. The fraction of sp³-hybridized carbons (Fsp3) is 1.00.